The molecule has 0 saturated carbocycles. The monoisotopic (exact) mass is 270 g/mol. The Morgan fingerprint density at radius 2 is 1.72 bits per heavy atom. The molecule has 0 aliphatic heterocycles. The lowest BCUT2D eigenvalue weighted by atomic mass is 10.1. The predicted molar refractivity (Wildman–Crippen MR) is 70.2 cm³/mol. The molecular formula is C13H18O4S. The van der Waals surface area contributed by atoms with Gasteiger partial charge in [0.15, 0.2) is 9.84 Å². The highest BCUT2D eigenvalue weighted by atomic mass is 32.2. The third-order valence-electron chi connectivity index (χ3n) is 2.87. The molecule has 0 amide bonds. The van der Waals surface area contributed by atoms with Gasteiger partial charge in [0.25, 0.3) is 0 Å². The first kappa shape index (κ1) is 14.7. The molecule has 1 rings (SSSR count). The number of carboxylic acids is 1. The highest BCUT2D eigenvalue weighted by Crippen LogP contribution is 2.14. The molecule has 0 aromatic heterocycles. The average Bonchev–Trinajstić information content (AvgIpc) is 2.28. The number of carboxylic acid groups (broad SMARTS) is 1. The van der Waals surface area contributed by atoms with Crippen molar-refractivity contribution in [2.75, 3.05) is 0 Å². The highest BCUT2D eigenvalue weighted by molar-refractivity contribution is 7.91. The Labute approximate surface area is 108 Å². The van der Waals surface area contributed by atoms with Crippen LogP contribution in [0.3, 0.4) is 0 Å². The van der Waals surface area contributed by atoms with Gasteiger partial charge in [-0.15, -0.1) is 0 Å². The van der Waals surface area contributed by atoms with Crippen LogP contribution in [0.15, 0.2) is 24.3 Å². The first-order valence-electron chi connectivity index (χ1n) is 5.86. The molecule has 0 heterocycles. The SMILES string of the molecule is CCc1ccc(CS(=O)(=O)C(C)CC(=O)O)cc1. The zero-order chi connectivity index (χ0) is 13.8. The second-order valence-corrected chi connectivity index (χ2v) is 6.80. The summed E-state index contributed by atoms with van der Waals surface area (Å²) in [4.78, 5) is 10.5. The van der Waals surface area contributed by atoms with Crippen molar-refractivity contribution in [3.63, 3.8) is 0 Å². The van der Waals surface area contributed by atoms with Crippen LogP contribution in [0, 0.1) is 0 Å². The fourth-order valence-electron chi connectivity index (χ4n) is 1.62. The van der Waals surface area contributed by atoms with Crippen molar-refractivity contribution >= 4 is 15.8 Å². The van der Waals surface area contributed by atoms with E-state index in [2.05, 4.69) is 0 Å². The summed E-state index contributed by atoms with van der Waals surface area (Å²) in [5, 5.41) is 7.76. The molecule has 4 nitrogen and oxygen atoms in total. The number of sulfone groups is 1. The van der Waals surface area contributed by atoms with Gasteiger partial charge < -0.3 is 5.11 Å². The summed E-state index contributed by atoms with van der Waals surface area (Å²) in [6.07, 6.45) is 0.553. The Kier molecular flexibility index (Phi) is 4.90. The molecule has 0 bridgehead atoms. The molecule has 0 fully saturated rings. The molecule has 0 aliphatic rings. The summed E-state index contributed by atoms with van der Waals surface area (Å²) in [6.45, 7) is 3.46. The zero-order valence-corrected chi connectivity index (χ0v) is 11.4. The van der Waals surface area contributed by atoms with Crippen LogP contribution in [0.5, 0.6) is 0 Å². The van der Waals surface area contributed by atoms with Gasteiger partial charge in [0.2, 0.25) is 0 Å². The van der Waals surface area contributed by atoms with Gasteiger partial charge in [-0.05, 0) is 24.5 Å². The Balaban J connectivity index is 2.78. The number of rotatable bonds is 6. The lowest BCUT2D eigenvalue weighted by Crippen LogP contribution is -2.22. The van der Waals surface area contributed by atoms with Crippen molar-refractivity contribution in [2.45, 2.75) is 37.7 Å². The molecule has 18 heavy (non-hydrogen) atoms. The van der Waals surface area contributed by atoms with Gasteiger partial charge in [-0.3, -0.25) is 4.79 Å². The van der Waals surface area contributed by atoms with Gasteiger partial charge in [-0.1, -0.05) is 31.2 Å². The molecule has 1 atom stereocenters. The average molecular weight is 270 g/mol. The Bertz CT molecular complexity index is 502. The van der Waals surface area contributed by atoms with Crippen LogP contribution in [0.25, 0.3) is 0 Å². The van der Waals surface area contributed by atoms with E-state index in [0.29, 0.717) is 5.56 Å². The Morgan fingerprint density at radius 3 is 2.17 bits per heavy atom. The third-order valence-corrected chi connectivity index (χ3v) is 5.00. The number of hydrogen-bond donors (Lipinski definition) is 1. The van der Waals surface area contributed by atoms with Crippen LogP contribution in [-0.4, -0.2) is 24.7 Å². The van der Waals surface area contributed by atoms with E-state index in [9.17, 15) is 13.2 Å². The van der Waals surface area contributed by atoms with Crippen LogP contribution in [0.2, 0.25) is 0 Å². The zero-order valence-electron chi connectivity index (χ0n) is 10.6. The van der Waals surface area contributed by atoms with Crippen molar-refractivity contribution in [1.82, 2.24) is 0 Å². The van der Waals surface area contributed by atoms with Crippen LogP contribution in [0.4, 0.5) is 0 Å². The van der Waals surface area contributed by atoms with Crippen LogP contribution < -0.4 is 0 Å². The van der Waals surface area contributed by atoms with Gasteiger partial charge in [0, 0.05) is 0 Å². The van der Waals surface area contributed by atoms with Gasteiger partial charge in [0.1, 0.15) is 0 Å². The molecule has 1 unspecified atom stereocenters. The van der Waals surface area contributed by atoms with E-state index in [1.54, 1.807) is 12.1 Å². The molecule has 5 heteroatoms. The molecule has 0 radical (unpaired) electrons. The summed E-state index contributed by atoms with van der Waals surface area (Å²) in [5.74, 6) is -1.20. The van der Waals surface area contributed by atoms with Crippen LogP contribution in [0.1, 0.15) is 31.4 Å². The summed E-state index contributed by atoms with van der Waals surface area (Å²) in [7, 11) is -3.41. The summed E-state index contributed by atoms with van der Waals surface area (Å²) in [5.41, 5.74) is 1.85. The molecule has 1 aromatic rings. The largest absolute Gasteiger partial charge is 0.481 e. The van der Waals surface area contributed by atoms with Crippen LogP contribution >= 0.6 is 0 Å². The van der Waals surface area contributed by atoms with E-state index in [0.717, 1.165) is 12.0 Å². The van der Waals surface area contributed by atoms with E-state index < -0.39 is 21.1 Å². The van der Waals surface area contributed by atoms with Gasteiger partial charge in [-0.25, -0.2) is 8.42 Å². The first-order chi connectivity index (χ1) is 8.35. The van der Waals surface area contributed by atoms with Crippen LogP contribution in [-0.2, 0) is 26.8 Å². The predicted octanol–water partition coefficient (Wildman–Crippen LogP) is 2.03. The van der Waals surface area contributed by atoms with E-state index >= 15 is 0 Å². The maximum atomic E-state index is 11.9. The Hall–Kier alpha value is -1.36. The lowest BCUT2D eigenvalue weighted by Gasteiger charge is -2.11. The molecule has 0 spiro atoms. The van der Waals surface area contributed by atoms with E-state index in [1.165, 1.54) is 6.92 Å². The quantitative estimate of drug-likeness (QED) is 0.858. The topological polar surface area (TPSA) is 71.4 Å². The number of aryl methyl sites for hydroxylation is 1. The minimum atomic E-state index is -3.41. The standard InChI is InChI=1S/C13H18O4S/c1-3-11-4-6-12(7-5-11)9-18(16,17)10(2)8-13(14)15/h4-7,10H,3,8-9H2,1-2H3,(H,14,15). The molecule has 100 valence electrons. The van der Waals surface area contributed by atoms with Gasteiger partial charge in [-0.2, -0.15) is 0 Å². The fourth-order valence-corrected chi connectivity index (χ4v) is 2.96. The third kappa shape index (κ3) is 4.14. The van der Waals surface area contributed by atoms with Gasteiger partial charge >= 0.3 is 5.97 Å². The lowest BCUT2D eigenvalue weighted by molar-refractivity contribution is -0.136. The van der Waals surface area contributed by atoms with E-state index in [-0.39, 0.29) is 12.2 Å². The summed E-state index contributed by atoms with van der Waals surface area (Å²) >= 11 is 0. The Morgan fingerprint density at radius 1 is 1.22 bits per heavy atom. The maximum absolute atomic E-state index is 11.9. The molecular weight excluding hydrogens is 252 g/mol. The summed E-state index contributed by atoms with van der Waals surface area (Å²) < 4.78 is 23.9. The highest BCUT2D eigenvalue weighted by Gasteiger charge is 2.23. The number of benzene rings is 1. The second-order valence-electron chi connectivity index (χ2n) is 4.39. The first-order valence-corrected chi connectivity index (χ1v) is 7.58. The maximum Gasteiger partial charge on any atom is 0.304 e. The van der Waals surface area contributed by atoms with Crippen molar-refractivity contribution in [2.24, 2.45) is 0 Å². The van der Waals surface area contributed by atoms with E-state index in [4.69, 9.17) is 5.11 Å². The van der Waals surface area contributed by atoms with Gasteiger partial charge in [0.05, 0.1) is 17.4 Å². The normalized spacial score (nSPS) is 13.2. The van der Waals surface area contributed by atoms with Crippen molar-refractivity contribution in [3.8, 4) is 0 Å². The molecule has 0 aliphatic carbocycles. The fraction of sp³-hybridized carbons (Fsp3) is 0.462. The smallest absolute Gasteiger partial charge is 0.304 e. The molecule has 0 saturated heterocycles. The summed E-state index contributed by atoms with van der Waals surface area (Å²) in [6, 6.07) is 7.35. The van der Waals surface area contributed by atoms with E-state index in [1.807, 2.05) is 19.1 Å². The molecule has 1 N–H and O–H groups in total. The molecule has 1 aromatic carbocycles. The van der Waals surface area contributed by atoms with Crippen molar-refractivity contribution in [1.29, 1.82) is 0 Å². The number of hydrogen-bond acceptors (Lipinski definition) is 3. The second kappa shape index (κ2) is 6.00. The number of aliphatic carboxylic acids is 1. The van der Waals surface area contributed by atoms with Crippen molar-refractivity contribution in [3.05, 3.63) is 35.4 Å². The van der Waals surface area contributed by atoms with Crippen molar-refractivity contribution < 1.29 is 18.3 Å². The minimum absolute atomic E-state index is 0.106. The number of carbonyl (C=O) groups is 1. The minimum Gasteiger partial charge on any atom is -0.481 e.